The Labute approximate surface area is 149 Å². The van der Waals surface area contributed by atoms with Crippen LogP contribution in [0.25, 0.3) is 11.3 Å². The highest BCUT2D eigenvalue weighted by Crippen LogP contribution is 2.40. The largest absolute Gasteiger partial charge is 0.424 e. The molecule has 1 heterocycles. The van der Waals surface area contributed by atoms with Crippen LogP contribution in [-0.2, 0) is 5.60 Å². The van der Waals surface area contributed by atoms with Crippen LogP contribution in [0.4, 0.5) is 17.6 Å². The van der Waals surface area contributed by atoms with Gasteiger partial charge in [0.05, 0.1) is 11.4 Å². The molecule has 2 rings (SSSR count). The molecule has 0 fully saturated rings. The molecule has 1 aromatic carbocycles. The lowest BCUT2D eigenvalue weighted by atomic mass is 9.88. The Morgan fingerprint density at radius 2 is 1.77 bits per heavy atom. The van der Waals surface area contributed by atoms with Crippen molar-refractivity contribution in [1.29, 1.82) is 0 Å². The summed E-state index contributed by atoms with van der Waals surface area (Å²) in [6.45, 7) is 4.51. The van der Waals surface area contributed by atoms with Gasteiger partial charge in [-0.25, -0.2) is 9.37 Å². The van der Waals surface area contributed by atoms with E-state index in [4.69, 9.17) is 5.73 Å². The fourth-order valence-corrected chi connectivity index (χ4v) is 2.83. The predicted molar refractivity (Wildman–Crippen MR) is 92.1 cm³/mol. The van der Waals surface area contributed by atoms with Gasteiger partial charge in [-0.1, -0.05) is 13.8 Å². The van der Waals surface area contributed by atoms with Crippen LogP contribution in [0.3, 0.4) is 0 Å². The number of aliphatic hydroxyl groups is 1. The summed E-state index contributed by atoms with van der Waals surface area (Å²) in [4.78, 5) is 4.09. The smallest absolute Gasteiger partial charge is 0.374 e. The third-order valence-electron chi connectivity index (χ3n) is 4.76. The van der Waals surface area contributed by atoms with Crippen LogP contribution in [0.2, 0.25) is 0 Å². The summed E-state index contributed by atoms with van der Waals surface area (Å²) in [6.07, 6.45) is -4.28. The summed E-state index contributed by atoms with van der Waals surface area (Å²) < 4.78 is 53.6. The van der Waals surface area contributed by atoms with E-state index in [-0.39, 0.29) is 11.6 Å². The Balaban J connectivity index is 2.78. The SMILES string of the molecule is CCC(C)c1cc(C(O)(CN)C(F)(F)F)nc(-c2ccc(F)cc2)c1C. The van der Waals surface area contributed by atoms with Crippen molar-refractivity contribution in [2.24, 2.45) is 5.73 Å². The van der Waals surface area contributed by atoms with E-state index in [1.165, 1.54) is 30.3 Å². The molecule has 7 heteroatoms. The monoisotopic (exact) mass is 370 g/mol. The molecule has 0 spiro atoms. The van der Waals surface area contributed by atoms with Gasteiger partial charge in [0, 0.05) is 12.1 Å². The van der Waals surface area contributed by atoms with E-state index in [1.807, 2.05) is 13.8 Å². The van der Waals surface area contributed by atoms with Crippen molar-refractivity contribution in [3.63, 3.8) is 0 Å². The van der Waals surface area contributed by atoms with Crippen LogP contribution in [0.5, 0.6) is 0 Å². The van der Waals surface area contributed by atoms with E-state index < -0.39 is 29.8 Å². The minimum absolute atomic E-state index is 0.0498. The second-order valence-corrected chi connectivity index (χ2v) is 6.45. The zero-order chi connectivity index (χ0) is 19.7. The fourth-order valence-electron chi connectivity index (χ4n) is 2.83. The normalized spacial score (nSPS) is 15.6. The molecule has 26 heavy (non-hydrogen) atoms. The van der Waals surface area contributed by atoms with Gasteiger partial charge >= 0.3 is 6.18 Å². The van der Waals surface area contributed by atoms with Crippen molar-refractivity contribution in [2.75, 3.05) is 6.54 Å². The first kappa shape index (κ1) is 20.3. The van der Waals surface area contributed by atoms with Crippen LogP contribution in [0, 0.1) is 12.7 Å². The van der Waals surface area contributed by atoms with Gasteiger partial charge in [0.25, 0.3) is 0 Å². The summed E-state index contributed by atoms with van der Waals surface area (Å²) in [7, 11) is 0. The maximum atomic E-state index is 13.5. The van der Waals surface area contributed by atoms with Gasteiger partial charge in [0.1, 0.15) is 5.82 Å². The number of hydrogen-bond acceptors (Lipinski definition) is 3. The van der Waals surface area contributed by atoms with Gasteiger partial charge in [-0.05, 0) is 60.7 Å². The molecule has 0 saturated heterocycles. The highest BCUT2D eigenvalue weighted by Gasteiger charge is 2.55. The van der Waals surface area contributed by atoms with E-state index in [9.17, 15) is 22.7 Å². The van der Waals surface area contributed by atoms with Crippen LogP contribution >= 0.6 is 0 Å². The molecule has 0 aliphatic rings. The standard InChI is InChI=1S/C19H22F4N2O/c1-4-11(2)15-9-16(18(26,10-24)19(21,22)23)25-17(12(15)3)13-5-7-14(20)8-6-13/h5-9,11,26H,4,10,24H2,1-3H3. The first-order chi connectivity index (χ1) is 12.0. The Morgan fingerprint density at radius 3 is 2.23 bits per heavy atom. The number of hydrogen-bond donors (Lipinski definition) is 2. The number of alkyl halides is 3. The van der Waals surface area contributed by atoms with Crippen molar-refractivity contribution < 1.29 is 22.7 Å². The second kappa shape index (κ2) is 7.32. The van der Waals surface area contributed by atoms with Crippen molar-refractivity contribution in [3.05, 3.63) is 53.0 Å². The molecule has 2 atom stereocenters. The molecule has 2 unspecified atom stereocenters. The Morgan fingerprint density at radius 1 is 1.19 bits per heavy atom. The van der Waals surface area contributed by atoms with Crippen LogP contribution in [0.1, 0.15) is 43.0 Å². The van der Waals surface area contributed by atoms with Crippen molar-refractivity contribution in [1.82, 2.24) is 4.98 Å². The number of halogens is 4. The Hall–Kier alpha value is -1.99. The molecule has 3 N–H and O–H groups in total. The third-order valence-corrected chi connectivity index (χ3v) is 4.76. The molecule has 0 amide bonds. The fraction of sp³-hybridized carbons (Fsp3) is 0.421. The molecule has 0 bridgehead atoms. The molecule has 0 radical (unpaired) electrons. The van der Waals surface area contributed by atoms with E-state index in [2.05, 4.69) is 4.98 Å². The topological polar surface area (TPSA) is 59.1 Å². The average Bonchev–Trinajstić information content (AvgIpc) is 2.60. The quantitative estimate of drug-likeness (QED) is 0.766. The average molecular weight is 370 g/mol. The molecule has 0 aliphatic heterocycles. The number of pyridine rings is 1. The highest BCUT2D eigenvalue weighted by molar-refractivity contribution is 5.65. The first-order valence-electron chi connectivity index (χ1n) is 8.32. The maximum Gasteiger partial charge on any atom is 0.424 e. The Bertz CT molecular complexity index is 774. The van der Waals surface area contributed by atoms with E-state index in [0.29, 0.717) is 23.1 Å². The zero-order valence-electron chi connectivity index (χ0n) is 14.9. The molecule has 1 aromatic heterocycles. The summed E-state index contributed by atoms with van der Waals surface area (Å²) >= 11 is 0. The second-order valence-electron chi connectivity index (χ2n) is 6.45. The minimum atomic E-state index is -4.98. The number of nitrogens with two attached hydrogens (primary N) is 1. The lowest BCUT2D eigenvalue weighted by Gasteiger charge is -2.30. The molecule has 0 aliphatic carbocycles. The molecular formula is C19H22F4N2O. The first-order valence-corrected chi connectivity index (χ1v) is 8.32. The summed E-state index contributed by atoms with van der Waals surface area (Å²) in [5, 5.41) is 10.2. The van der Waals surface area contributed by atoms with Gasteiger partial charge in [0.2, 0.25) is 5.60 Å². The number of rotatable bonds is 5. The highest BCUT2D eigenvalue weighted by atomic mass is 19.4. The van der Waals surface area contributed by atoms with Gasteiger partial charge < -0.3 is 10.8 Å². The van der Waals surface area contributed by atoms with Crippen LogP contribution in [0.15, 0.2) is 30.3 Å². The molecule has 2 aromatic rings. The van der Waals surface area contributed by atoms with Crippen molar-refractivity contribution >= 4 is 0 Å². The third kappa shape index (κ3) is 3.59. The van der Waals surface area contributed by atoms with E-state index >= 15 is 0 Å². The summed E-state index contributed by atoms with van der Waals surface area (Å²) in [5.74, 6) is -0.510. The van der Waals surface area contributed by atoms with Crippen molar-refractivity contribution in [3.8, 4) is 11.3 Å². The van der Waals surface area contributed by atoms with Gasteiger partial charge in [0.15, 0.2) is 0 Å². The lowest BCUT2D eigenvalue weighted by Crippen LogP contribution is -2.49. The number of nitrogens with zero attached hydrogens (tertiary/aromatic N) is 1. The summed E-state index contributed by atoms with van der Waals surface area (Å²) in [5.41, 5.74) is 3.55. The van der Waals surface area contributed by atoms with Crippen LogP contribution < -0.4 is 5.73 Å². The minimum Gasteiger partial charge on any atom is -0.374 e. The predicted octanol–water partition coefficient (Wildman–Crippen LogP) is 4.42. The van der Waals surface area contributed by atoms with Crippen LogP contribution in [-0.4, -0.2) is 22.8 Å². The van der Waals surface area contributed by atoms with Crippen molar-refractivity contribution in [2.45, 2.75) is 44.9 Å². The maximum absolute atomic E-state index is 13.5. The van der Waals surface area contributed by atoms with Gasteiger partial charge in [-0.2, -0.15) is 13.2 Å². The summed E-state index contributed by atoms with van der Waals surface area (Å²) in [6, 6.07) is 6.60. The van der Waals surface area contributed by atoms with Gasteiger partial charge in [-0.15, -0.1) is 0 Å². The van der Waals surface area contributed by atoms with E-state index in [1.54, 1.807) is 6.92 Å². The molecule has 0 saturated carbocycles. The van der Waals surface area contributed by atoms with E-state index in [0.717, 1.165) is 0 Å². The molecular weight excluding hydrogens is 348 g/mol. The Kier molecular flexibility index (Phi) is 5.73. The molecule has 3 nitrogen and oxygen atoms in total. The van der Waals surface area contributed by atoms with Gasteiger partial charge in [-0.3, -0.25) is 0 Å². The number of aromatic nitrogens is 1. The molecule has 142 valence electrons. The lowest BCUT2D eigenvalue weighted by molar-refractivity contribution is -0.263. The number of benzene rings is 1. The zero-order valence-corrected chi connectivity index (χ0v) is 14.9.